The number of rotatable bonds is 10. The molecule has 8 nitrogen and oxygen atoms in total. The standard InChI is InChI=1S/C20H21N3.C14H22BrFN2O2.C2H4.CH5N/c1-6-7-23-12-19(13(2)3)18-9-16(8-14(4)20(18)23)17-10-21-15(5)22-11-17;1-8(5-10(7-17-4)14(3,19)20)13-9(2)11(16)6-12(15)18-13;2*1-2/h6,8-12H,1-2,7H2,3-5H3;6,8,10,17,19-20H,5,7H2,1-4H3;1-2H2;2H2,1H3. The van der Waals surface area contributed by atoms with E-state index in [1.165, 1.54) is 42.1 Å². The van der Waals surface area contributed by atoms with E-state index in [9.17, 15) is 14.6 Å². The first-order valence-electron chi connectivity index (χ1n) is 15.4. The van der Waals surface area contributed by atoms with Crippen LogP contribution >= 0.6 is 15.9 Å². The van der Waals surface area contributed by atoms with E-state index in [0.717, 1.165) is 29.1 Å². The monoisotopic (exact) mass is 710 g/mol. The Labute approximate surface area is 288 Å². The number of halogens is 2. The van der Waals surface area contributed by atoms with E-state index in [-0.39, 0.29) is 17.7 Å². The summed E-state index contributed by atoms with van der Waals surface area (Å²) in [5.74, 6) is -1.76. The van der Waals surface area contributed by atoms with Crippen molar-refractivity contribution in [3.05, 3.63) is 108 Å². The number of fused-ring (bicyclic) bond motifs is 1. The lowest BCUT2D eigenvalue weighted by Crippen LogP contribution is -2.40. The Morgan fingerprint density at radius 1 is 1.13 bits per heavy atom. The number of benzene rings is 1. The van der Waals surface area contributed by atoms with Crippen LogP contribution in [0.25, 0.3) is 27.6 Å². The van der Waals surface area contributed by atoms with Crippen LogP contribution in [0.5, 0.6) is 0 Å². The quantitative estimate of drug-likeness (QED) is 0.0758. The highest BCUT2D eigenvalue weighted by Gasteiger charge is 2.31. The second-order valence-corrected chi connectivity index (χ2v) is 12.2. The van der Waals surface area contributed by atoms with Crippen LogP contribution in [0.2, 0.25) is 0 Å². The van der Waals surface area contributed by atoms with Gasteiger partial charge in [0.15, 0.2) is 5.79 Å². The van der Waals surface area contributed by atoms with E-state index in [1.54, 1.807) is 14.0 Å². The van der Waals surface area contributed by atoms with Gasteiger partial charge in [0.2, 0.25) is 0 Å². The molecule has 2 atom stereocenters. The summed E-state index contributed by atoms with van der Waals surface area (Å²) in [5, 5.41) is 23.8. The molecule has 0 spiro atoms. The lowest BCUT2D eigenvalue weighted by atomic mass is 9.86. The van der Waals surface area contributed by atoms with Crippen molar-refractivity contribution in [1.82, 2.24) is 24.8 Å². The third kappa shape index (κ3) is 11.3. The molecule has 0 amide bonds. The van der Waals surface area contributed by atoms with Crippen molar-refractivity contribution in [3.63, 3.8) is 0 Å². The highest BCUT2D eigenvalue weighted by atomic mass is 79.9. The maximum Gasteiger partial charge on any atom is 0.163 e. The van der Waals surface area contributed by atoms with Crippen LogP contribution in [0.15, 0.2) is 73.8 Å². The smallest absolute Gasteiger partial charge is 0.163 e. The Morgan fingerprint density at radius 3 is 2.23 bits per heavy atom. The summed E-state index contributed by atoms with van der Waals surface area (Å²) in [7, 11) is 3.26. The first-order valence-corrected chi connectivity index (χ1v) is 16.2. The number of hydrogen-bond donors (Lipinski definition) is 4. The van der Waals surface area contributed by atoms with E-state index >= 15 is 0 Å². The van der Waals surface area contributed by atoms with Crippen LogP contribution in [-0.2, 0) is 6.54 Å². The molecule has 4 aromatic rings. The van der Waals surface area contributed by atoms with Crippen molar-refractivity contribution >= 4 is 32.4 Å². The molecule has 0 saturated carbocycles. The molecule has 0 aliphatic carbocycles. The first-order chi connectivity index (χ1) is 22.2. The molecule has 3 heterocycles. The van der Waals surface area contributed by atoms with Gasteiger partial charge in [0.1, 0.15) is 16.2 Å². The highest BCUT2D eigenvalue weighted by molar-refractivity contribution is 9.10. The third-order valence-corrected chi connectivity index (χ3v) is 8.01. The molecule has 3 aromatic heterocycles. The van der Waals surface area contributed by atoms with Gasteiger partial charge < -0.3 is 25.8 Å². The molecule has 0 aliphatic rings. The molecule has 4 rings (SSSR count). The maximum atomic E-state index is 13.7. The van der Waals surface area contributed by atoms with Gasteiger partial charge in [0.05, 0.1) is 11.2 Å². The minimum Gasteiger partial charge on any atom is -0.366 e. The Bertz CT molecular complexity index is 1610. The number of nitrogens with zero attached hydrogens (tertiary/aromatic N) is 4. The number of hydrogen-bond acceptors (Lipinski definition) is 7. The number of nitrogens with two attached hydrogens (primary N) is 1. The largest absolute Gasteiger partial charge is 0.366 e. The van der Waals surface area contributed by atoms with Crippen LogP contribution < -0.4 is 11.1 Å². The molecule has 1 aromatic carbocycles. The molecule has 10 heteroatoms. The van der Waals surface area contributed by atoms with E-state index in [0.29, 0.717) is 28.8 Å². The molecule has 0 aliphatic heterocycles. The van der Waals surface area contributed by atoms with Crippen LogP contribution in [0.3, 0.4) is 0 Å². The molecule has 2 unspecified atom stereocenters. The van der Waals surface area contributed by atoms with Crippen molar-refractivity contribution in [2.45, 2.75) is 66.2 Å². The van der Waals surface area contributed by atoms with E-state index in [1.807, 2.05) is 39.2 Å². The zero-order valence-corrected chi connectivity index (χ0v) is 30.7. The highest BCUT2D eigenvalue weighted by Crippen LogP contribution is 2.34. The second kappa shape index (κ2) is 19.3. The predicted octanol–water partition coefficient (Wildman–Crippen LogP) is 7.63. The Hall–Kier alpha value is -3.54. The number of nitrogens with one attached hydrogen (secondary N) is 1. The van der Waals surface area contributed by atoms with Crippen molar-refractivity contribution in [2.75, 3.05) is 20.6 Å². The summed E-state index contributed by atoms with van der Waals surface area (Å²) < 4.78 is 16.4. The second-order valence-electron chi connectivity index (χ2n) is 11.4. The molecule has 0 fully saturated rings. The minimum atomic E-state index is -1.78. The van der Waals surface area contributed by atoms with E-state index in [2.05, 4.69) is 98.1 Å². The average Bonchev–Trinajstić information content (AvgIpc) is 3.40. The topological polar surface area (TPSA) is 122 Å². The number of pyridine rings is 1. The lowest BCUT2D eigenvalue weighted by molar-refractivity contribution is -0.186. The van der Waals surface area contributed by atoms with E-state index in [4.69, 9.17) is 0 Å². The zero-order valence-electron chi connectivity index (χ0n) is 29.2. The summed E-state index contributed by atoms with van der Waals surface area (Å²) in [5.41, 5.74) is 12.5. The van der Waals surface area contributed by atoms with Gasteiger partial charge in [-0.2, -0.15) is 0 Å². The van der Waals surface area contributed by atoms with Crippen molar-refractivity contribution in [1.29, 1.82) is 0 Å². The Balaban J connectivity index is 0.000000429. The van der Waals surface area contributed by atoms with E-state index < -0.39 is 5.79 Å². The number of allylic oxidation sites excluding steroid dienone is 2. The maximum absolute atomic E-state index is 13.7. The summed E-state index contributed by atoms with van der Waals surface area (Å²) in [6.45, 7) is 26.3. The first kappa shape index (κ1) is 41.5. The fourth-order valence-electron chi connectivity index (χ4n) is 5.32. The van der Waals surface area contributed by atoms with Gasteiger partial charge in [-0.3, -0.25) is 0 Å². The molecule has 0 radical (unpaired) electrons. The average molecular weight is 712 g/mol. The molecule has 0 bridgehead atoms. The lowest BCUT2D eigenvalue weighted by Gasteiger charge is -2.30. The van der Waals surface area contributed by atoms with Gasteiger partial charge in [-0.25, -0.2) is 19.3 Å². The van der Waals surface area contributed by atoms with Gasteiger partial charge >= 0.3 is 0 Å². The summed E-state index contributed by atoms with van der Waals surface area (Å²) in [4.78, 5) is 12.9. The van der Waals surface area contributed by atoms with Gasteiger partial charge in [-0.05, 0) is 106 Å². The van der Waals surface area contributed by atoms with Crippen LogP contribution in [0.4, 0.5) is 4.39 Å². The molecule has 0 saturated heterocycles. The SMILES string of the molecule is C=C.C=CCn1cc(C(=C)C)c2cc(-c3cnc(C)nc3)cc(C)c21.CN.CNCC(CC(C)c1nc(Br)cc(F)c1C)C(C)(O)O. The molecule has 5 N–H and O–H groups in total. The molecule has 256 valence electrons. The van der Waals surface area contributed by atoms with Crippen LogP contribution in [-0.4, -0.2) is 56.2 Å². The van der Waals surface area contributed by atoms with Crippen molar-refractivity contribution < 1.29 is 14.6 Å². The summed E-state index contributed by atoms with van der Waals surface area (Å²) >= 11 is 3.19. The van der Waals surface area contributed by atoms with Crippen LogP contribution in [0.1, 0.15) is 61.3 Å². The summed E-state index contributed by atoms with van der Waals surface area (Å²) in [6, 6.07) is 5.73. The minimum absolute atomic E-state index is 0.0843. The zero-order chi connectivity index (χ0) is 36.1. The van der Waals surface area contributed by atoms with Gasteiger partial charge in [0.25, 0.3) is 0 Å². The van der Waals surface area contributed by atoms with Crippen molar-refractivity contribution in [3.8, 4) is 11.1 Å². The molecular formula is C37H52BrFN6O2. The number of aromatic nitrogens is 4. The predicted molar refractivity (Wildman–Crippen MR) is 199 cm³/mol. The Morgan fingerprint density at radius 2 is 1.72 bits per heavy atom. The van der Waals surface area contributed by atoms with Crippen LogP contribution in [0, 0.1) is 32.5 Å². The van der Waals surface area contributed by atoms with Gasteiger partial charge in [-0.1, -0.05) is 19.6 Å². The third-order valence-electron chi connectivity index (χ3n) is 7.61. The summed E-state index contributed by atoms with van der Waals surface area (Å²) in [6.07, 6.45) is 8.34. The fraction of sp³-hybridized carbons (Fsp3) is 0.378. The molecule has 47 heavy (non-hydrogen) atoms. The Kier molecular flexibility index (Phi) is 17.1. The number of aryl methyl sites for hydroxylation is 2. The van der Waals surface area contributed by atoms with Gasteiger partial charge in [-0.15, -0.1) is 19.7 Å². The molecular weight excluding hydrogens is 659 g/mol. The van der Waals surface area contributed by atoms with Gasteiger partial charge in [0, 0.05) is 65.7 Å². The van der Waals surface area contributed by atoms with Crippen molar-refractivity contribution in [2.24, 2.45) is 11.7 Å². The fourth-order valence-corrected chi connectivity index (χ4v) is 5.71. The normalized spacial score (nSPS) is 12.0. The number of aliphatic hydroxyl groups is 2.